The van der Waals surface area contributed by atoms with Crippen LogP contribution in [0.4, 0.5) is 0 Å². The maximum absolute atomic E-state index is 12.0. The topological polar surface area (TPSA) is 54.3 Å². The lowest BCUT2D eigenvalue weighted by Gasteiger charge is -2.26. The average Bonchev–Trinajstić information content (AvgIpc) is 2.77. The molecular formula is C15H24N2O2. The van der Waals surface area contributed by atoms with Crippen molar-refractivity contribution in [2.24, 2.45) is 13.0 Å². The molecule has 1 aliphatic rings. The van der Waals surface area contributed by atoms with E-state index in [9.17, 15) is 9.90 Å². The van der Waals surface area contributed by atoms with Gasteiger partial charge in [0.25, 0.3) is 5.91 Å². The Morgan fingerprint density at radius 3 is 2.68 bits per heavy atom. The van der Waals surface area contributed by atoms with Crippen LogP contribution >= 0.6 is 0 Å². The zero-order valence-corrected chi connectivity index (χ0v) is 11.9. The van der Waals surface area contributed by atoms with Crippen molar-refractivity contribution in [3.63, 3.8) is 0 Å². The minimum absolute atomic E-state index is 0.106. The second kappa shape index (κ2) is 6.24. The van der Waals surface area contributed by atoms with E-state index in [4.69, 9.17) is 0 Å². The number of hydrogen-bond donors (Lipinski definition) is 2. The summed E-state index contributed by atoms with van der Waals surface area (Å²) in [6.45, 7) is 2.32. The Kier molecular flexibility index (Phi) is 4.64. The summed E-state index contributed by atoms with van der Waals surface area (Å²) >= 11 is 0. The Bertz CT molecular complexity index is 433. The van der Waals surface area contributed by atoms with Crippen LogP contribution < -0.4 is 5.32 Å². The fraction of sp³-hybridized carbons (Fsp3) is 0.667. The van der Waals surface area contributed by atoms with Gasteiger partial charge in [0, 0.05) is 19.3 Å². The first-order valence-corrected chi connectivity index (χ1v) is 7.18. The zero-order chi connectivity index (χ0) is 13.8. The fourth-order valence-electron chi connectivity index (χ4n) is 2.81. The Balaban J connectivity index is 1.84. The molecule has 0 radical (unpaired) electrons. The number of aliphatic hydroxyl groups excluding tert-OH is 1. The molecule has 0 bridgehead atoms. The molecule has 4 heteroatoms. The molecule has 0 saturated heterocycles. The van der Waals surface area contributed by atoms with Gasteiger partial charge in [-0.05, 0) is 37.8 Å². The molecule has 0 aliphatic heterocycles. The highest BCUT2D eigenvalue weighted by atomic mass is 16.3. The fourth-order valence-corrected chi connectivity index (χ4v) is 2.81. The van der Waals surface area contributed by atoms with Crippen LogP contribution in [-0.2, 0) is 7.05 Å². The molecule has 0 aromatic carbocycles. The van der Waals surface area contributed by atoms with Crippen molar-refractivity contribution in [2.75, 3.05) is 6.54 Å². The number of carbonyl (C=O) groups excluding carboxylic acids is 1. The molecule has 2 rings (SSSR count). The highest BCUT2D eigenvalue weighted by molar-refractivity contribution is 5.92. The van der Waals surface area contributed by atoms with E-state index in [1.165, 1.54) is 19.3 Å². The lowest BCUT2D eigenvalue weighted by Crippen LogP contribution is -2.37. The predicted octanol–water partition coefficient (Wildman–Crippen LogP) is 2.00. The van der Waals surface area contributed by atoms with Gasteiger partial charge in [-0.1, -0.05) is 19.3 Å². The molecule has 1 aliphatic carbocycles. The molecule has 1 saturated carbocycles. The third-order valence-electron chi connectivity index (χ3n) is 4.27. The number of nitrogens with one attached hydrogen (secondary N) is 1. The van der Waals surface area contributed by atoms with Gasteiger partial charge in [-0.15, -0.1) is 0 Å². The van der Waals surface area contributed by atoms with Crippen molar-refractivity contribution in [3.05, 3.63) is 23.5 Å². The molecule has 1 heterocycles. The molecular weight excluding hydrogens is 240 g/mol. The summed E-state index contributed by atoms with van der Waals surface area (Å²) < 4.78 is 1.86. The standard InChI is InChI=1S/C15H24N2O2/c1-11-8-9-13(17(11)2)15(19)16-10-14(18)12-6-4-3-5-7-12/h8-9,12,14,18H,3-7,10H2,1-2H3,(H,16,19). The van der Waals surface area contributed by atoms with Crippen molar-refractivity contribution in [2.45, 2.75) is 45.1 Å². The van der Waals surface area contributed by atoms with Crippen LogP contribution in [0.3, 0.4) is 0 Å². The normalized spacial score (nSPS) is 18.3. The van der Waals surface area contributed by atoms with Crippen LogP contribution in [0.2, 0.25) is 0 Å². The lowest BCUT2D eigenvalue weighted by atomic mass is 9.85. The van der Waals surface area contributed by atoms with Crippen LogP contribution in [0.15, 0.2) is 12.1 Å². The monoisotopic (exact) mass is 264 g/mol. The third kappa shape index (κ3) is 3.38. The van der Waals surface area contributed by atoms with E-state index >= 15 is 0 Å². The number of amides is 1. The second-order valence-corrected chi connectivity index (χ2v) is 5.59. The molecule has 1 unspecified atom stereocenters. The Hall–Kier alpha value is -1.29. The molecule has 2 N–H and O–H groups in total. The molecule has 4 nitrogen and oxygen atoms in total. The SMILES string of the molecule is Cc1ccc(C(=O)NCC(O)C2CCCCC2)n1C. The maximum Gasteiger partial charge on any atom is 0.267 e. The van der Waals surface area contributed by atoms with Gasteiger partial charge in [-0.25, -0.2) is 0 Å². The first kappa shape index (κ1) is 14.1. The Morgan fingerprint density at radius 2 is 2.11 bits per heavy atom. The first-order valence-electron chi connectivity index (χ1n) is 7.18. The van der Waals surface area contributed by atoms with Crippen LogP contribution in [0.5, 0.6) is 0 Å². The Labute approximate surface area is 114 Å². The van der Waals surface area contributed by atoms with E-state index in [1.807, 2.05) is 30.7 Å². The molecule has 0 spiro atoms. The first-order chi connectivity index (χ1) is 9.09. The predicted molar refractivity (Wildman–Crippen MR) is 75.1 cm³/mol. The maximum atomic E-state index is 12.0. The van der Waals surface area contributed by atoms with Gasteiger partial charge < -0.3 is 15.0 Å². The lowest BCUT2D eigenvalue weighted by molar-refractivity contribution is 0.0734. The van der Waals surface area contributed by atoms with Gasteiger partial charge in [0.05, 0.1) is 6.10 Å². The molecule has 19 heavy (non-hydrogen) atoms. The largest absolute Gasteiger partial charge is 0.391 e. The van der Waals surface area contributed by atoms with Crippen molar-refractivity contribution in [1.82, 2.24) is 9.88 Å². The number of aromatic nitrogens is 1. The van der Waals surface area contributed by atoms with E-state index in [2.05, 4.69) is 5.32 Å². The average molecular weight is 264 g/mol. The van der Waals surface area contributed by atoms with Crippen LogP contribution in [0, 0.1) is 12.8 Å². The van der Waals surface area contributed by atoms with Crippen LogP contribution in [0.1, 0.15) is 48.3 Å². The smallest absolute Gasteiger partial charge is 0.267 e. The Morgan fingerprint density at radius 1 is 1.42 bits per heavy atom. The number of nitrogens with zero attached hydrogens (tertiary/aromatic N) is 1. The summed E-state index contributed by atoms with van der Waals surface area (Å²) in [6, 6.07) is 3.74. The van der Waals surface area contributed by atoms with Gasteiger partial charge in [0.15, 0.2) is 0 Å². The number of carbonyl (C=O) groups is 1. The van der Waals surface area contributed by atoms with Gasteiger partial charge in [-0.3, -0.25) is 4.79 Å². The summed E-state index contributed by atoms with van der Waals surface area (Å²) in [4.78, 5) is 12.0. The summed E-state index contributed by atoms with van der Waals surface area (Å²) in [7, 11) is 1.88. The van der Waals surface area contributed by atoms with E-state index < -0.39 is 6.10 Å². The summed E-state index contributed by atoms with van der Waals surface area (Å²) in [5, 5.41) is 13.0. The summed E-state index contributed by atoms with van der Waals surface area (Å²) in [6.07, 6.45) is 5.43. The molecule has 1 aromatic rings. The van der Waals surface area contributed by atoms with Gasteiger partial charge >= 0.3 is 0 Å². The van der Waals surface area contributed by atoms with Crippen LogP contribution in [-0.4, -0.2) is 28.2 Å². The van der Waals surface area contributed by atoms with Crippen molar-refractivity contribution < 1.29 is 9.90 Å². The zero-order valence-electron chi connectivity index (χ0n) is 11.9. The van der Waals surface area contributed by atoms with Crippen LogP contribution in [0.25, 0.3) is 0 Å². The molecule has 1 aromatic heterocycles. The second-order valence-electron chi connectivity index (χ2n) is 5.59. The highest BCUT2D eigenvalue weighted by Gasteiger charge is 2.22. The number of hydrogen-bond acceptors (Lipinski definition) is 2. The molecule has 1 atom stereocenters. The van der Waals surface area contributed by atoms with Crippen molar-refractivity contribution in [1.29, 1.82) is 0 Å². The summed E-state index contributed by atoms with van der Waals surface area (Å²) in [5.41, 5.74) is 1.70. The number of aliphatic hydroxyl groups is 1. The quantitative estimate of drug-likeness (QED) is 0.874. The number of aryl methyl sites for hydroxylation is 1. The molecule has 106 valence electrons. The van der Waals surface area contributed by atoms with E-state index in [-0.39, 0.29) is 5.91 Å². The van der Waals surface area contributed by atoms with Crippen molar-refractivity contribution in [3.8, 4) is 0 Å². The molecule has 1 amide bonds. The van der Waals surface area contributed by atoms with E-state index in [1.54, 1.807) is 0 Å². The van der Waals surface area contributed by atoms with Crippen molar-refractivity contribution >= 4 is 5.91 Å². The van der Waals surface area contributed by atoms with E-state index in [0.29, 0.717) is 18.2 Å². The molecule has 1 fully saturated rings. The van der Waals surface area contributed by atoms with Gasteiger partial charge in [-0.2, -0.15) is 0 Å². The summed E-state index contributed by atoms with van der Waals surface area (Å²) in [5.74, 6) is 0.245. The highest BCUT2D eigenvalue weighted by Crippen LogP contribution is 2.26. The van der Waals surface area contributed by atoms with Gasteiger partial charge in [0.1, 0.15) is 5.69 Å². The minimum Gasteiger partial charge on any atom is -0.391 e. The van der Waals surface area contributed by atoms with Gasteiger partial charge in [0.2, 0.25) is 0 Å². The van der Waals surface area contributed by atoms with E-state index in [0.717, 1.165) is 18.5 Å². The number of rotatable bonds is 4. The third-order valence-corrected chi connectivity index (χ3v) is 4.27. The minimum atomic E-state index is -0.411.